The third-order valence-electron chi connectivity index (χ3n) is 3.88. The molecule has 0 aliphatic carbocycles. The first-order valence-corrected chi connectivity index (χ1v) is 10.9. The van der Waals surface area contributed by atoms with Crippen molar-refractivity contribution in [2.45, 2.75) is 64.7 Å². The molecule has 32 heavy (non-hydrogen) atoms. The van der Waals surface area contributed by atoms with E-state index in [1.165, 1.54) is 0 Å². The zero-order valence-corrected chi connectivity index (χ0v) is 18.8. The van der Waals surface area contributed by atoms with E-state index in [2.05, 4.69) is 60.3 Å². The predicted molar refractivity (Wildman–Crippen MR) is 126 cm³/mol. The van der Waals surface area contributed by atoms with Gasteiger partial charge in [0.25, 0.3) is 0 Å². The van der Waals surface area contributed by atoms with Crippen LogP contribution in [0.25, 0.3) is 0 Å². The number of esters is 2. The topological polar surface area (TPSA) is 97.7 Å². The SMILES string of the molecule is CC/C=C\C/C=C\C/C=C\C/C=C\C/C=C\C/C=C\CC(=O)OC(=O)C(=O)CCC(=O)O. The molecular weight excluding hydrogens is 408 g/mol. The highest BCUT2D eigenvalue weighted by molar-refractivity contribution is 6.35. The smallest absolute Gasteiger partial charge is 0.382 e. The molecule has 0 radical (unpaired) electrons. The van der Waals surface area contributed by atoms with E-state index in [0.717, 1.165) is 32.1 Å². The van der Waals surface area contributed by atoms with Crippen molar-refractivity contribution in [1.29, 1.82) is 0 Å². The van der Waals surface area contributed by atoms with Crippen LogP contribution in [0.4, 0.5) is 0 Å². The lowest BCUT2D eigenvalue weighted by molar-refractivity contribution is -0.163. The molecule has 0 atom stereocenters. The summed E-state index contributed by atoms with van der Waals surface area (Å²) < 4.78 is 4.37. The molecule has 0 aliphatic heterocycles. The molecular formula is C26H34O6. The molecule has 6 heteroatoms. The molecule has 0 aromatic rings. The van der Waals surface area contributed by atoms with Crippen molar-refractivity contribution < 1.29 is 29.0 Å². The zero-order chi connectivity index (χ0) is 23.9. The van der Waals surface area contributed by atoms with Crippen molar-refractivity contribution in [3.63, 3.8) is 0 Å². The minimum absolute atomic E-state index is 0.136. The Morgan fingerprint density at radius 3 is 1.44 bits per heavy atom. The number of carbonyl (C=O) groups excluding carboxylic acids is 3. The maximum atomic E-state index is 11.5. The Bertz CT molecular complexity index is 750. The standard InChI is InChI=1S/C26H34O6/c1-2-3-4-5-6-7-8-9-10-11-12-13-14-15-16-17-18-19-20-25(30)32-26(31)23(27)21-22-24(28)29/h3-4,6-7,9-10,12-13,15-16,18-19H,2,5,8,11,14,17,20-22H2,1H3,(H,28,29)/b4-3-,7-6-,10-9-,13-12-,16-15-,19-18-. The quantitative estimate of drug-likeness (QED) is 0.137. The second-order valence-corrected chi connectivity index (χ2v) is 6.70. The molecule has 0 spiro atoms. The van der Waals surface area contributed by atoms with E-state index in [-0.39, 0.29) is 6.42 Å². The number of allylic oxidation sites excluding steroid dienone is 11. The predicted octanol–water partition coefficient (Wildman–Crippen LogP) is 5.58. The molecule has 1 N–H and O–H groups in total. The molecule has 0 saturated heterocycles. The molecule has 0 fully saturated rings. The monoisotopic (exact) mass is 442 g/mol. The summed E-state index contributed by atoms with van der Waals surface area (Å²) in [7, 11) is 0. The van der Waals surface area contributed by atoms with Gasteiger partial charge in [-0.1, -0.05) is 79.8 Å². The van der Waals surface area contributed by atoms with Crippen molar-refractivity contribution in [2.24, 2.45) is 0 Å². The van der Waals surface area contributed by atoms with Gasteiger partial charge in [0.2, 0.25) is 5.78 Å². The van der Waals surface area contributed by atoms with E-state index < -0.39 is 36.5 Å². The lowest BCUT2D eigenvalue weighted by atomic mass is 10.2. The maximum absolute atomic E-state index is 11.5. The summed E-state index contributed by atoms with van der Waals surface area (Å²) in [6.45, 7) is 2.12. The minimum atomic E-state index is -1.32. The van der Waals surface area contributed by atoms with Gasteiger partial charge in [-0.2, -0.15) is 0 Å². The molecule has 0 amide bonds. The van der Waals surface area contributed by atoms with Crippen LogP contribution >= 0.6 is 0 Å². The van der Waals surface area contributed by atoms with E-state index in [9.17, 15) is 19.2 Å². The molecule has 0 saturated carbocycles. The zero-order valence-electron chi connectivity index (χ0n) is 18.8. The Hall–Kier alpha value is -3.28. The number of ether oxygens (including phenoxy) is 1. The van der Waals surface area contributed by atoms with Gasteiger partial charge in [0.15, 0.2) is 0 Å². The van der Waals surface area contributed by atoms with Gasteiger partial charge < -0.3 is 9.84 Å². The summed E-state index contributed by atoms with van der Waals surface area (Å²) >= 11 is 0. The lowest BCUT2D eigenvalue weighted by Gasteiger charge is -1.99. The van der Waals surface area contributed by atoms with Crippen LogP contribution in [0.3, 0.4) is 0 Å². The van der Waals surface area contributed by atoms with Crippen LogP contribution in [0, 0.1) is 0 Å². The number of Topliss-reactive ketones (excluding diaryl/α,β-unsaturated/α-hetero) is 1. The van der Waals surface area contributed by atoms with Crippen LogP contribution in [0.1, 0.15) is 64.7 Å². The van der Waals surface area contributed by atoms with E-state index in [0.29, 0.717) is 6.42 Å². The summed E-state index contributed by atoms with van der Waals surface area (Å²) in [4.78, 5) is 44.4. The number of hydrogen-bond acceptors (Lipinski definition) is 5. The Morgan fingerprint density at radius 1 is 0.625 bits per heavy atom. The van der Waals surface area contributed by atoms with Crippen molar-refractivity contribution >= 4 is 23.7 Å². The Balaban J connectivity index is 3.81. The van der Waals surface area contributed by atoms with Crippen LogP contribution in [0.5, 0.6) is 0 Å². The van der Waals surface area contributed by atoms with Gasteiger partial charge in [-0.05, 0) is 38.5 Å². The van der Waals surface area contributed by atoms with E-state index in [1.54, 1.807) is 12.2 Å². The largest absolute Gasteiger partial charge is 0.481 e. The van der Waals surface area contributed by atoms with Crippen LogP contribution in [-0.2, 0) is 23.9 Å². The third kappa shape index (κ3) is 20.0. The highest BCUT2D eigenvalue weighted by Gasteiger charge is 2.19. The van der Waals surface area contributed by atoms with E-state index in [1.807, 2.05) is 12.2 Å². The van der Waals surface area contributed by atoms with Crippen LogP contribution < -0.4 is 0 Å². The van der Waals surface area contributed by atoms with Gasteiger partial charge in [0.05, 0.1) is 12.8 Å². The summed E-state index contributed by atoms with van der Waals surface area (Å²) in [6, 6.07) is 0. The normalized spacial score (nSPS) is 12.3. The van der Waals surface area contributed by atoms with Crippen LogP contribution in [-0.4, -0.2) is 28.8 Å². The molecule has 0 heterocycles. The third-order valence-corrected chi connectivity index (χ3v) is 3.88. The molecule has 0 unspecified atom stereocenters. The molecule has 6 nitrogen and oxygen atoms in total. The minimum Gasteiger partial charge on any atom is -0.481 e. The number of hydrogen-bond donors (Lipinski definition) is 1. The fourth-order valence-corrected chi connectivity index (χ4v) is 2.23. The van der Waals surface area contributed by atoms with Crippen LogP contribution in [0.15, 0.2) is 72.9 Å². The van der Waals surface area contributed by atoms with E-state index in [4.69, 9.17) is 5.11 Å². The average Bonchev–Trinajstić information content (AvgIpc) is 2.76. The average molecular weight is 443 g/mol. The fourth-order valence-electron chi connectivity index (χ4n) is 2.23. The summed E-state index contributed by atoms with van der Waals surface area (Å²) in [5, 5.41) is 8.45. The lowest BCUT2D eigenvalue weighted by Crippen LogP contribution is -2.21. The maximum Gasteiger partial charge on any atom is 0.382 e. The van der Waals surface area contributed by atoms with Gasteiger partial charge >= 0.3 is 17.9 Å². The number of carbonyl (C=O) groups is 4. The second-order valence-electron chi connectivity index (χ2n) is 6.70. The summed E-state index contributed by atoms with van der Waals surface area (Å²) in [5.41, 5.74) is 0. The van der Waals surface area contributed by atoms with Crippen LogP contribution in [0.2, 0.25) is 0 Å². The van der Waals surface area contributed by atoms with Gasteiger partial charge in [0.1, 0.15) is 0 Å². The molecule has 0 aliphatic rings. The Morgan fingerprint density at radius 2 is 1.03 bits per heavy atom. The van der Waals surface area contributed by atoms with Gasteiger partial charge in [-0.3, -0.25) is 14.4 Å². The first kappa shape index (κ1) is 28.7. The second kappa shape index (κ2) is 21.0. The number of rotatable bonds is 17. The molecule has 0 aromatic heterocycles. The van der Waals surface area contributed by atoms with Crippen molar-refractivity contribution in [3.8, 4) is 0 Å². The van der Waals surface area contributed by atoms with Crippen molar-refractivity contribution in [1.82, 2.24) is 0 Å². The summed E-state index contributed by atoms with van der Waals surface area (Å²) in [5.74, 6) is -4.39. The number of ketones is 1. The number of carboxylic acids is 1. The number of aliphatic carboxylic acids is 1. The first-order chi connectivity index (χ1) is 15.5. The van der Waals surface area contributed by atoms with Gasteiger partial charge in [0, 0.05) is 6.42 Å². The van der Waals surface area contributed by atoms with Gasteiger partial charge in [-0.15, -0.1) is 0 Å². The number of carboxylic acid groups (broad SMARTS) is 1. The van der Waals surface area contributed by atoms with Crippen molar-refractivity contribution in [2.75, 3.05) is 0 Å². The highest BCUT2D eigenvalue weighted by atomic mass is 16.6. The Kier molecular flexibility index (Phi) is 18.8. The molecule has 0 rings (SSSR count). The van der Waals surface area contributed by atoms with E-state index >= 15 is 0 Å². The van der Waals surface area contributed by atoms with Gasteiger partial charge in [-0.25, -0.2) is 4.79 Å². The molecule has 0 bridgehead atoms. The highest BCUT2D eigenvalue weighted by Crippen LogP contribution is 1.99. The first-order valence-electron chi connectivity index (χ1n) is 10.9. The Labute approximate surface area is 190 Å². The van der Waals surface area contributed by atoms with Crippen molar-refractivity contribution in [3.05, 3.63) is 72.9 Å². The molecule has 174 valence electrons. The molecule has 0 aromatic carbocycles. The fraction of sp³-hybridized carbons (Fsp3) is 0.385. The summed E-state index contributed by atoms with van der Waals surface area (Å²) in [6.07, 6.45) is 28.7.